The lowest BCUT2D eigenvalue weighted by atomic mass is 10.0. The number of esters is 3. The van der Waals surface area contributed by atoms with Crippen LogP contribution in [0.1, 0.15) is 271 Å². The molecule has 0 saturated carbocycles. The predicted octanol–water partition coefficient (Wildman–Crippen LogP) is 17.5. The SMILES string of the molecule is CC/C=C\C/C=C\C/C=C\C/C=C\CCCCCCCCCCC(=O)OCC(COC(=O)CCCCCCCCCCC)OC(=O)CCCCCCCCCCCCCCCC. The quantitative estimate of drug-likeness (QED) is 0.0262. The second kappa shape index (κ2) is 51.0. The first-order valence-electron chi connectivity index (χ1n) is 26.6. The van der Waals surface area contributed by atoms with E-state index in [0.29, 0.717) is 19.3 Å². The fourth-order valence-electron chi connectivity index (χ4n) is 7.61. The van der Waals surface area contributed by atoms with Gasteiger partial charge in [0.05, 0.1) is 0 Å². The van der Waals surface area contributed by atoms with Crippen LogP contribution < -0.4 is 0 Å². The molecular formula is C56H100O6. The Morgan fingerprint density at radius 3 is 0.984 bits per heavy atom. The summed E-state index contributed by atoms with van der Waals surface area (Å²) < 4.78 is 16.8. The molecule has 6 nitrogen and oxygen atoms in total. The minimum Gasteiger partial charge on any atom is -0.462 e. The smallest absolute Gasteiger partial charge is 0.306 e. The van der Waals surface area contributed by atoms with Gasteiger partial charge < -0.3 is 14.2 Å². The Hall–Kier alpha value is -2.63. The molecule has 0 aromatic carbocycles. The van der Waals surface area contributed by atoms with Crippen LogP contribution >= 0.6 is 0 Å². The van der Waals surface area contributed by atoms with E-state index in [1.807, 2.05) is 0 Å². The van der Waals surface area contributed by atoms with E-state index in [1.165, 1.54) is 141 Å². The van der Waals surface area contributed by atoms with Gasteiger partial charge in [0.25, 0.3) is 0 Å². The van der Waals surface area contributed by atoms with E-state index in [1.54, 1.807) is 0 Å². The van der Waals surface area contributed by atoms with Crippen molar-refractivity contribution in [3.05, 3.63) is 48.6 Å². The highest BCUT2D eigenvalue weighted by Crippen LogP contribution is 2.16. The van der Waals surface area contributed by atoms with Crippen LogP contribution in [0.15, 0.2) is 48.6 Å². The zero-order valence-corrected chi connectivity index (χ0v) is 41.1. The maximum atomic E-state index is 12.8. The van der Waals surface area contributed by atoms with Gasteiger partial charge in [-0.1, -0.05) is 243 Å². The molecule has 0 spiro atoms. The van der Waals surface area contributed by atoms with Crippen molar-refractivity contribution in [2.24, 2.45) is 0 Å². The van der Waals surface area contributed by atoms with E-state index in [4.69, 9.17) is 14.2 Å². The predicted molar refractivity (Wildman–Crippen MR) is 265 cm³/mol. The molecule has 1 unspecified atom stereocenters. The molecule has 0 N–H and O–H groups in total. The fourth-order valence-corrected chi connectivity index (χ4v) is 7.61. The maximum absolute atomic E-state index is 12.8. The first-order chi connectivity index (χ1) is 30.5. The second-order valence-corrected chi connectivity index (χ2v) is 17.8. The van der Waals surface area contributed by atoms with Crippen molar-refractivity contribution in [2.75, 3.05) is 13.2 Å². The minimum atomic E-state index is -0.770. The Morgan fingerprint density at radius 1 is 0.339 bits per heavy atom. The molecule has 0 aromatic rings. The summed E-state index contributed by atoms with van der Waals surface area (Å²) in [5, 5.41) is 0. The summed E-state index contributed by atoms with van der Waals surface area (Å²) in [6.45, 7) is 6.52. The summed E-state index contributed by atoms with van der Waals surface area (Å²) in [6, 6.07) is 0. The van der Waals surface area contributed by atoms with Crippen molar-refractivity contribution in [1.29, 1.82) is 0 Å². The third-order valence-electron chi connectivity index (χ3n) is 11.6. The standard InChI is InChI=1S/C56H100O6/c1-4-7-10-13-16-19-21-23-25-26-27-28-29-30-31-33-34-37-40-43-46-49-55(58)61-52-53(51-60-54(57)48-45-42-39-36-18-15-12-9-6-3)62-56(59)50-47-44-41-38-35-32-24-22-20-17-14-11-8-5-2/h7,10,16,19,23,25,27-28,53H,4-6,8-9,11-15,17-18,20-22,24,26,29-52H2,1-3H3/b10-7-,19-16-,25-23-,28-27-. The molecule has 0 heterocycles. The molecule has 0 saturated heterocycles. The molecule has 0 aliphatic rings. The number of hydrogen-bond acceptors (Lipinski definition) is 6. The van der Waals surface area contributed by atoms with E-state index in [0.717, 1.165) is 89.9 Å². The Kier molecular flexibility index (Phi) is 48.8. The van der Waals surface area contributed by atoms with Gasteiger partial charge in [0.1, 0.15) is 13.2 Å². The van der Waals surface area contributed by atoms with E-state index in [9.17, 15) is 14.4 Å². The minimum absolute atomic E-state index is 0.0720. The van der Waals surface area contributed by atoms with Crippen LogP contribution in [0.5, 0.6) is 0 Å². The third-order valence-corrected chi connectivity index (χ3v) is 11.6. The van der Waals surface area contributed by atoms with Crippen LogP contribution in [0.3, 0.4) is 0 Å². The fraction of sp³-hybridized carbons (Fsp3) is 0.804. The number of rotatable bonds is 48. The number of carbonyl (C=O) groups is 3. The van der Waals surface area contributed by atoms with Crippen molar-refractivity contribution < 1.29 is 28.6 Å². The van der Waals surface area contributed by atoms with Crippen molar-refractivity contribution in [1.82, 2.24) is 0 Å². The van der Waals surface area contributed by atoms with Gasteiger partial charge in [-0.15, -0.1) is 0 Å². The molecule has 0 amide bonds. The molecule has 1 atom stereocenters. The van der Waals surface area contributed by atoms with Gasteiger partial charge in [-0.3, -0.25) is 14.4 Å². The van der Waals surface area contributed by atoms with Gasteiger partial charge in [-0.25, -0.2) is 0 Å². The zero-order chi connectivity index (χ0) is 45.1. The zero-order valence-electron chi connectivity index (χ0n) is 41.1. The van der Waals surface area contributed by atoms with Crippen molar-refractivity contribution in [3.8, 4) is 0 Å². The van der Waals surface area contributed by atoms with Crippen LogP contribution in [0, 0.1) is 0 Å². The second-order valence-electron chi connectivity index (χ2n) is 17.8. The molecular weight excluding hydrogens is 769 g/mol. The lowest BCUT2D eigenvalue weighted by molar-refractivity contribution is -0.167. The monoisotopic (exact) mass is 869 g/mol. The first kappa shape index (κ1) is 59.4. The molecule has 0 radical (unpaired) electrons. The van der Waals surface area contributed by atoms with E-state index in [2.05, 4.69) is 69.4 Å². The van der Waals surface area contributed by atoms with Gasteiger partial charge in [0, 0.05) is 19.3 Å². The summed E-state index contributed by atoms with van der Waals surface area (Å²) in [5.74, 6) is -0.872. The molecule has 0 aliphatic heterocycles. The van der Waals surface area contributed by atoms with Crippen LogP contribution in [0.25, 0.3) is 0 Å². The highest BCUT2D eigenvalue weighted by Gasteiger charge is 2.19. The molecule has 0 rings (SSSR count). The van der Waals surface area contributed by atoms with Gasteiger partial charge >= 0.3 is 17.9 Å². The van der Waals surface area contributed by atoms with Gasteiger partial charge in [0.15, 0.2) is 6.10 Å². The molecule has 360 valence electrons. The summed E-state index contributed by atoms with van der Waals surface area (Å²) in [5.41, 5.74) is 0. The first-order valence-corrected chi connectivity index (χ1v) is 26.6. The average Bonchev–Trinajstić information content (AvgIpc) is 3.27. The molecule has 6 heteroatoms. The van der Waals surface area contributed by atoms with Gasteiger partial charge in [-0.05, 0) is 57.8 Å². The highest BCUT2D eigenvalue weighted by atomic mass is 16.6. The summed E-state index contributed by atoms with van der Waals surface area (Å²) in [7, 11) is 0. The third kappa shape index (κ3) is 48.4. The van der Waals surface area contributed by atoms with E-state index >= 15 is 0 Å². The lowest BCUT2D eigenvalue weighted by Gasteiger charge is -2.18. The van der Waals surface area contributed by atoms with Crippen LogP contribution in [-0.4, -0.2) is 37.2 Å². The lowest BCUT2D eigenvalue weighted by Crippen LogP contribution is -2.30. The Bertz CT molecular complexity index is 1090. The number of hydrogen-bond donors (Lipinski definition) is 0. The maximum Gasteiger partial charge on any atom is 0.306 e. The average molecular weight is 869 g/mol. The normalized spacial score (nSPS) is 12.4. The topological polar surface area (TPSA) is 78.9 Å². The molecule has 0 aromatic heterocycles. The van der Waals surface area contributed by atoms with Gasteiger partial charge in [0.2, 0.25) is 0 Å². The number of unbranched alkanes of at least 4 members (excludes halogenated alkanes) is 29. The van der Waals surface area contributed by atoms with Crippen LogP contribution in [-0.2, 0) is 28.6 Å². The Labute approximate surface area is 384 Å². The summed E-state index contributed by atoms with van der Waals surface area (Å²) in [4.78, 5) is 37.9. The summed E-state index contributed by atoms with van der Waals surface area (Å²) in [6.07, 6.45) is 61.0. The van der Waals surface area contributed by atoms with Crippen LogP contribution in [0.2, 0.25) is 0 Å². The van der Waals surface area contributed by atoms with Crippen molar-refractivity contribution in [3.63, 3.8) is 0 Å². The molecule has 62 heavy (non-hydrogen) atoms. The number of ether oxygens (including phenoxy) is 3. The number of carbonyl (C=O) groups excluding carboxylic acids is 3. The Morgan fingerprint density at radius 2 is 0.629 bits per heavy atom. The molecule has 0 fully saturated rings. The molecule has 0 bridgehead atoms. The summed E-state index contributed by atoms with van der Waals surface area (Å²) >= 11 is 0. The van der Waals surface area contributed by atoms with Crippen LogP contribution in [0.4, 0.5) is 0 Å². The van der Waals surface area contributed by atoms with E-state index in [-0.39, 0.29) is 31.1 Å². The Balaban J connectivity index is 4.27. The van der Waals surface area contributed by atoms with Crippen molar-refractivity contribution in [2.45, 2.75) is 277 Å². The largest absolute Gasteiger partial charge is 0.462 e. The van der Waals surface area contributed by atoms with Crippen molar-refractivity contribution >= 4 is 17.9 Å². The van der Waals surface area contributed by atoms with Gasteiger partial charge in [-0.2, -0.15) is 0 Å². The number of allylic oxidation sites excluding steroid dienone is 8. The van der Waals surface area contributed by atoms with E-state index < -0.39 is 6.10 Å². The molecule has 0 aliphatic carbocycles. The highest BCUT2D eigenvalue weighted by molar-refractivity contribution is 5.71.